The molecule has 5 heteroatoms. The van der Waals surface area contributed by atoms with Gasteiger partial charge in [-0.05, 0) is 42.3 Å². The minimum Gasteiger partial charge on any atom is -0.321 e. The third-order valence-electron chi connectivity index (χ3n) is 3.80. The molecule has 3 rings (SSSR count). The monoisotopic (exact) mass is 265 g/mol. The number of nitrogens with one attached hydrogen (secondary N) is 1. The van der Waals surface area contributed by atoms with Crippen LogP contribution in [0.15, 0.2) is 16.8 Å². The third-order valence-corrected chi connectivity index (χ3v) is 4.50. The van der Waals surface area contributed by atoms with Crippen LogP contribution in [0.4, 0.5) is 0 Å². The Kier molecular flexibility index (Phi) is 3.37. The fourth-order valence-electron chi connectivity index (χ4n) is 2.49. The van der Waals surface area contributed by atoms with Gasteiger partial charge in [0.25, 0.3) is 0 Å². The van der Waals surface area contributed by atoms with Gasteiger partial charge in [-0.25, -0.2) is 0 Å². The molecule has 1 aromatic rings. The zero-order chi connectivity index (χ0) is 12.5. The van der Waals surface area contributed by atoms with E-state index in [-0.39, 0.29) is 12.1 Å². The zero-order valence-electron chi connectivity index (χ0n) is 10.6. The predicted molar refractivity (Wildman–Crippen MR) is 72.4 cm³/mol. The van der Waals surface area contributed by atoms with Crippen LogP contribution < -0.4 is 5.32 Å². The van der Waals surface area contributed by atoms with Crippen molar-refractivity contribution in [2.45, 2.75) is 25.0 Å². The van der Waals surface area contributed by atoms with E-state index in [0.29, 0.717) is 6.54 Å². The van der Waals surface area contributed by atoms with Crippen molar-refractivity contribution in [1.29, 1.82) is 0 Å². The summed E-state index contributed by atoms with van der Waals surface area (Å²) in [5, 5.41) is 7.47. The van der Waals surface area contributed by atoms with Crippen LogP contribution >= 0.6 is 11.3 Å². The van der Waals surface area contributed by atoms with Gasteiger partial charge in [-0.15, -0.1) is 0 Å². The lowest BCUT2D eigenvalue weighted by Crippen LogP contribution is -2.37. The first-order chi connectivity index (χ1) is 8.75. The lowest BCUT2D eigenvalue weighted by atomic mass is 10.2. The van der Waals surface area contributed by atoms with E-state index in [4.69, 9.17) is 0 Å². The van der Waals surface area contributed by atoms with Crippen LogP contribution in [-0.2, 0) is 4.79 Å². The van der Waals surface area contributed by atoms with Crippen LogP contribution in [0.1, 0.15) is 24.6 Å². The molecule has 1 aliphatic carbocycles. The summed E-state index contributed by atoms with van der Waals surface area (Å²) in [5.74, 6) is 0.218. The first-order valence-corrected chi connectivity index (χ1v) is 7.45. The van der Waals surface area contributed by atoms with E-state index in [1.165, 1.54) is 18.4 Å². The maximum atomic E-state index is 11.9. The zero-order valence-corrected chi connectivity index (χ0v) is 11.4. The minimum atomic E-state index is 0.0800. The Morgan fingerprint density at radius 2 is 2.39 bits per heavy atom. The molecule has 1 aromatic heterocycles. The highest BCUT2D eigenvalue weighted by Crippen LogP contribution is 2.27. The normalized spacial score (nSPS) is 24.2. The summed E-state index contributed by atoms with van der Waals surface area (Å²) in [4.78, 5) is 16.3. The Balaban J connectivity index is 1.62. The molecule has 1 atom stereocenters. The van der Waals surface area contributed by atoms with E-state index in [9.17, 15) is 4.79 Å². The van der Waals surface area contributed by atoms with Crippen molar-refractivity contribution < 1.29 is 4.79 Å². The summed E-state index contributed by atoms with van der Waals surface area (Å²) in [7, 11) is 2.16. The molecule has 1 aliphatic heterocycles. The van der Waals surface area contributed by atoms with Gasteiger partial charge in [0, 0.05) is 19.1 Å². The highest BCUT2D eigenvalue weighted by molar-refractivity contribution is 7.07. The van der Waals surface area contributed by atoms with Gasteiger partial charge in [0.1, 0.15) is 6.17 Å². The quantitative estimate of drug-likeness (QED) is 0.871. The van der Waals surface area contributed by atoms with Gasteiger partial charge in [0.05, 0.1) is 6.54 Å². The number of likely N-dealkylation sites (N-methyl/N-ethyl adjacent to an activating group) is 1. The van der Waals surface area contributed by atoms with Gasteiger partial charge in [-0.1, -0.05) is 0 Å². The van der Waals surface area contributed by atoms with Crippen LogP contribution in [0, 0.1) is 0 Å². The van der Waals surface area contributed by atoms with Crippen molar-refractivity contribution in [3.05, 3.63) is 22.4 Å². The number of carbonyl (C=O) groups excluding carboxylic acids is 1. The molecule has 1 saturated heterocycles. The summed E-state index contributed by atoms with van der Waals surface area (Å²) < 4.78 is 0. The van der Waals surface area contributed by atoms with E-state index in [1.807, 2.05) is 4.90 Å². The molecule has 0 aromatic carbocycles. The lowest BCUT2D eigenvalue weighted by molar-refractivity contribution is -0.128. The molecular weight excluding hydrogens is 246 g/mol. The lowest BCUT2D eigenvalue weighted by Gasteiger charge is -2.26. The van der Waals surface area contributed by atoms with Crippen molar-refractivity contribution >= 4 is 17.2 Å². The second-order valence-electron chi connectivity index (χ2n) is 5.14. The molecule has 2 aliphatic rings. The second-order valence-corrected chi connectivity index (χ2v) is 5.92. The van der Waals surface area contributed by atoms with Gasteiger partial charge in [-0.3, -0.25) is 10.1 Å². The molecule has 4 nitrogen and oxygen atoms in total. The number of hydrogen-bond donors (Lipinski definition) is 1. The standard InChI is InChI=1S/C13H19N3OS/c1-15(11-2-3-11)5-6-16-12(17)8-14-13(16)10-4-7-18-9-10/h4,7,9,11,13-14H,2-3,5-6,8H2,1H3. The van der Waals surface area contributed by atoms with E-state index < -0.39 is 0 Å². The second kappa shape index (κ2) is 4.99. The predicted octanol–water partition coefficient (Wildman–Crippen LogP) is 1.27. The fraction of sp³-hybridized carbons (Fsp3) is 0.615. The van der Waals surface area contributed by atoms with Crippen molar-refractivity contribution in [1.82, 2.24) is 15.1 Å². The molecule has 2 heterocycles. The number of thiophene rings is 1. The van der Waals surface area contributed by atoms with Gasteiger partial charge in [0.15, 0.2) is 0 Å². The minimum absolute atomic E-state index is 0.0800. The third kappa shape index (κ3) is 2.43. The summed E-state index contributed by atoms with van der Waals surface area (Å²) in [6.45, 7) is 2.26. The van der Waals surface area contributed by atoms with Crippen LogP contribution in [0.5, 0.6) is 0 Å². The van der Waals surface area contributed by atoms with Crippen molar-refractivity contribution in [3.63, 3.8) is 0 Å². The van der Waals surface area contributed by atoms with Gasteiger partial charge < -0.3 is 9.80 Å². The van der Waals surface area contributed by atoms with E-state index >= 15 is 0 Å². The molecule has 0 spiro atoms. The number of amides is 1. The number of hydrogen-bond acceptors (Lipinski definition) is 4. The maximum absolute atomic E-state index is 11.9. The van der Waals surface area contributed by atoms with Crippen molar-refractivity contribution in [2.75, 3.05) is 26.7 Å². The Morgan fingerprint density at radius 3 is 3.06 bits per heavy atom. The fourth-order valence-corrected chi connectivity index (χ4v) is 3.16. The summed E-state index contributed by atoms with van der Waals surface area (Å²) in [5.41, 5.74) is 1.21. The van der Waals surface area contributed by atoms with Gasteiger partial charge in [-0.2, -0.15) is 11.3 Å². The van der Waals surface area contributed by atoms with Crippen LogP contribution in [0.2, 0.25) is 0 Å². The SMILES string of the molecule is CN(CCN1C(=O)CNC1c1ccsc1)C1CC1. The molecule has 98 valence electrons. The highest BCUT2D eigenvalue weighted by atomic mass is 32.1. The van der Waals surface area contributed by atoms with Crippen LogP contribution in [0.25, 0.3) is 0 Å². The molecule has 0 radical (unpaired) electrons. The topological polar surface area (TPSA) is 35.6 Å². The number of rotatable bonds is 5. The molecule has 2 fully saturated rings. The van der Waals surface area contributed by atoms with E-state index in [2.05, 4.69) is 34.1 Å². The maximum Gasteiger partial charge on any atom is 0.238 e. The van der Waals surface area contributed by atoms with Crippen molar-refractivity contribution in [2.24, 2.45) is 0 Å². The Bertz CT molecular complexity index is 416. The number of nitrogens with zero attached hydrogens (tertiary/aromatic N) is 2. The van der Waals surface area contributed by atoms with Crippen molar-refractivity contribution in [3.8, 4) is 0 Å². The smallest absolute Gasteiger partial charge is 0.238 e. The molecule has 1 amide bonds. The first kappa shape index (κ1) is 12.1. The largest absolute Gasteiger partial charge is 0.321 e. The number of carbonyl (C=O) groups is 1. The first-order valence-electron chi connectivity index (χ1n) is 6.51. The molecule has 18 heavy (non-hydrogen) atoms. The van der Waals surface area contributed by atoms with E-state index in [0.717, 1.165) is 19.1 Å². The summed E-state index contributed by atoms with van der Waals surface area (Å²) in [6.07, 6.45) is 2.71. The average Bonchev–Trinajstić information content (AvgIpc) is 2.96. The van der Waals surface area contributed by atoms with Crippen LogP contribution in [-0.4, -0.2) is 48.4 Å². The van der Waals surface area contributed by atoms with Crippen LogP contribution in [0.3, 0.4) is 0 Å². The molecule has 1 unspecified atom stereocenters. The molecule has 1 saturated carbocycles. The highest BCUT2D eigenvalue weighted by Gasteiger charge is 2.33. The van der Waals surface area contributed by atoms with E-state index in [1.54, 1.807) is 11.3 Å². The summed E-state index contributed by atoms with van der Waals surface area (Å²) in [6, 6.07) is 2.86. The van der Waals surface area contributed by atoms with Gasteiger partial charge >= 0.3 is 0 Å². The Morgan fingerprint density at radius 1 is 1.56 bits per heavy atom. The van der Waals surface area contributed by atoms with Gasteiger partial charge in [0.2, 0.25) is 5.91 Å². The average molecular weight is 265 g/mol. The Labute approximate surface area is 112 Å². The summed E-state index contributed by atoms with van der Waals surface area (Å²) >= 11 is 1.68. The molecule has 0 bridgehead atoms. The molecular formula is C13H19N3OS. The molecule has 1 N–H and O–H groups in total. The Hall–Kier alpha value is -0.910.